The zero-order chi connectivity index (χ0) is 12.9. The molecule has 1 rings (SSSR count). The lowest BCUT2D eigenvalue weighted by Crippen LogP contribution is -1.96. The van der Waals surface area contributed by atoms with Gasteiger partial charge in [0.05, 0.1) is 17.8 Å². The standard InChI is InChI=1S/C15H23NOS/c1-2-3-8-11-17-12-9-6-4-5-7-10-15-13-18-14-16-15/h13-14H,4-12H2,1H3. The molecule has 0 bridgehead atoms. The van der Waals surface area contributed by atoms with Crippen molar-refractivity contribution in [3.05, 3.63) is 16.6 Å². The molecule has 0 aromatic carbocycles. The van der Waals surface area contributed by atoms with E-state index in [2.05, 4.69) is 22.2 Å². The van der Waals surface area contributed by atoms with Crippen molar-refractivity contribution in [2.75, 3.05) is 13.2 Å². The Balaban J connectivity index is 1.77. The third-order valence-corrected chi connectivity index (χ3v) is 3.39. The lowest BCUT2D eigenvalue weighted by atomic mass is 10.1. The van der Waals surface area contributed by atoms with Crippen LogP contribution in [0, 0.1) is 11.8 Å². The second kappa shape index (κ2) is 11.3. The molecule has 0 radical (unpaired) electrons. The molecule has 0 aliphatic heterocycles. The van der Waals surface area contributed by atoms with Crippen molar-refractivity contribution in [3.63, 3.8) is 0 Å². The number of aryl methyl sites for hydroxylation is 1. The van der Waals surface area contributed by atoms with Crippen LogP contribution in [0.15, 0.2) is 10.9 Å². The molecule has 0 N–H and O–H groups in total. The number of ether oxygens (including phenoxy) is 1. The van der Waals surface area contributed by atoms with E-state index in [-0.39, 0.29) is 0 Å². The zero-order valence-corrected chi connectivity index (χ0v) is 12.1. The van der Waals surface area contributed by atoms with Gasteiger partial charge in [0, 0.05) is 18.4 Å². The molecule has 0 fully saturated rings. The van der Waals surface area contributed by atoms with E-state index in [1.54, 1.807) is 11.3 Å². The number of rotatable bonds is 10. The molecule has 1 heterocycles. The molecule has 0 unspecified atom stereocenters. The van der Waals surface area contributed by atoms with E-state index >= 15 is 0 Å². The quantitative estimate of drug-likeness (QED) is 0.470. The number of nitrogens with zero attached hydrogens (tertiary/aromatic N) is 1. The van der Waals surface area contributed by atoms with Gasteiger partial charge in [0.2, 0.25) is 0 Å². The van der Waals surface area contributed by atoms with E-state index in [4.69, 9.17) is 4.74 Å². The Kier molecular flexibility index (Phi) is 9.51. The van der Waals surface area contributed by atoms with E-state index in [0.717, 1.165) is 26.1 Å². The fourth-order valence-electron chi connectivity index (χ4n) is 1.75. The van der Waals surface area contributed by atoms with Gasteiger partial charge in [0.25, 0.3) is 0 Å². The summed E-state index contributed by atoms with van der Waals surface area (Å²) >= 11 is 1.69. The monoisotopic (exact) mass is 265 g/mol. The minimum Gasteiger partial charge on any atom is -0.380 e. The van der Waals surface area contributed by atoms with Gasteiger partial charge in [-0.05, 0) is 26.2 Å². The molecule has 0 saturated carbocycles. The number of thiazole rings is 1. The van der Waals surface area contributed by atoms with E-state index in [9.17, 15) is 0 Å². The first-order valence-electron chi connectivity index (χ1n) is 6.78. The zero-order valence-electron chi connectivity index (χ0n) is 11.3. The molecule has 1 aromatic rings. The van der Waals surface area contributed by atoms with Crippen molar-refractivity contribution in [3.8, 4) is 11.8 Å². The number of hydrogen-bond acceptors (Lipinski definition) is 3. The van der Waals surface area contributed by atoms with Gasteiger partial charge in [-0.15, -0.1) is 23.2 Å². The predicted molar refractivity (Wildman–Crippen MR) is 77.8 cm³/mol. The van der Waals surface area contributed by atoms with Crippen molar-refractivity contribution in [2.45, 2.75) is 51.9 Å². The largest absolute Gasteiger partial charge is 0.380 e. The minimum absolute atomic E-state index is 0.782. The van der Waals surface area contributed by atoms with Crippen LogP contribution >= 0.6 is 11.3 Å². The van der Waals surface area contributed by atoms with E-state index in [1.165, 1.54) is 37.8 Å². The van der Waals surface area contributed by atoms with Crippen LogP contribution in [-0.2, 0) is 11.2 Å². The summed E-state index contributed by atoms with van der Waals surface area (Å²) in [7, 11) is 0. The topological polar surface area (TPSA) is 22.1 Å². The highest BCUT2D eigenvalue weighted by molar-refractivity contribution is 7.07. The van der Waals surface area contributed by atoms with E-state index in [1.807, 2.05) is 12.4 Å². The summed E-state index contributed by atoms with van der Waals surface area (Å²) in [5, 5.41) is 2.15. The van der Waals surface area contributed by atoms with Crippen LogP contribution in [0.2, 0.25) is 0 Å². The summed E-state index contributed by atoms with van der Waals surface area (Å²) in [6, 6.07) is 0. The first kappa shape index (κ1) is 15.2. The van der Waals surface area contributed by atoms with Crippen LogP contribution in [0.1, 0.15) is 51.1 Å². The van der Waals surface area contributed by atoms with Gasteiger partial charge < -0.3 is 4.74 Å². The fourth-order valence-corrected chi connectivity index (χ4v) is 2.34. The van der Waals surface area contributed by atoms with Crippen molar-refractivity contribution in [1.29, 1.82) is 0 Å². The van der Waals surface area contributed by atoms with Gasteiger partial charge in [-0.2, -0.15) is 0 Å². The molecule has 3 heteroatoms. The van der Waals surface area contributed by atoms with Crippen LogP contribution in [0.25, 0.3) is 0 Å². The summed E-state index contributed by atoms with van der Waals surface area (Å²) in [6.45, 7) is 3.54. The third kappa shape index (κ3) is 8.27. The summed E-state index contributed by atoms with van der Waals surface area (Å²) in [5.74, 6) is 5.87. The molecular weight excluding hydrogens is 242 g/mol. The summed E-state index contributed by atoms with van der Waals surface area (Å²) in [4.78, 5) is 4.29. The highest BCUT2D eigenvalue weighted by Crippen LogP contribution is 2.09. The molecule has 0 saturated heterocycles. The Morgan fingerprint density at radius 2 is 2.00 bits per heavy atom. The molecular formula is C15H23NOS. The Labute approximate surface area is 115 Å². The maximum absolute atomic E-state index is 5.49. The lowest BCUT2D eigenvalue weighted by molar-refractivity contribution is 0.135. The van der Waals surface area contributed by atoms with Crippen molar-refractivity contribution >= 4 is 11.3 Å². The highest BCUT2D eigenvalue weighted by atomic mass is 32.1. The van der Waals surface area contributed by atoms with Gasteiger partial charge in [0.15, 0.2) is 0 Å². The molecule has 1 aromatic heterocycles. The maximum atomic E-state index is 5.49. The number of unbranched alkanes of at least 4 members (excludes halogenated alkanes) is 4. The molecule has 0 spiro atoms. The van der Waals surface area contributed by atoms with Gasteiger partial charge in [0.1, 0.15) is 0 Å². The Morgan fingerprint density at radius 3 is 2.78 bits per heavy atom. The third-order valence-electron chi connectivity index (χ3n) is 2.75. The summed E-state index contributed by atoms with van der Waals surface area (Å²) < 4.78 is 5.49. The van der Waals surface area contributed by atoms with Crippen LogP contribution in [0.5, 0.6) is 0 Å². The number of hydrogen-bond donors (Lipinski definition) is 0. The first-order valence-corrected chi connectivity index (χ1v) is 7.72. The molecule has 2 nitrogen and oxygen atoms in total. The second-order valence-electron chi connectivity index (χ2n) is 4.29. The van der Waals surface area contributed by atoms with Gasteiger partial charge in [-0.25, -0.2) is 4.98 Å². The van der Waals surface area contributed by atoms with Crippen LogP contribution in [0.3, 0.4) is 0 Å². The summed E-state index contributed by atoms with van der Waals surface area (Å²) in [6.07, 6.45) is 8.32. The Hall–Kier alpha value is -0.850. The van der Waals surface area contributed by atoms with Crippen LogP contribution in [0.4, 0.5) is 0 Å². The molecule has 100 valence electrons. The van der Waals surface area contributed by atoms with Crippen molar-refractivity contribution in [1.82, 2.24) is 4.98 Å². The Morgan fingerprint density at radius 1 is 1.17 bits per heavy atom. The fraction of sp³-hybridized carbons (Fsp3) is 0.667. The van der Waals surface area contributed by atoms with Crippen LogP contribution in [-0.4, -0.2) is 18.2 Å². The minimum atomic E-state index is 0.782. The SMILES string of the molecule is CC#CCCOCCCCCCCc1cscn1. The van der Waals surface area contributed by atoms with Crippen molar-refractivity contribution in [2.24, 2.45) is 0 Å². The molecule has 0 aliphatic carbocycles. The van der Waals surface area contributed by atoms with Crippen LogP contribution < -0.4 is 0 Å². The highest BCUT2D eigenvalue weighted by Gasteiger charge is 1.95. The van der Waals surface area contributed by atoms with Gasteiger partial charge in [-0.1, -0.05) is 19.3 Å². The van der Waals surface area contributed by atoms with Gasteiger partial charge in [-0.3, -0.25) is 0 Å². The molecule has 18 heavy (non-hydrogen) atoms. The average Bonchev–Trinajstić information content (AvgIpc) is 2.89. The molecule has 0 amide bonds. The maximum Gasteiger partial charge on any atom is 0.0794 e. The van der Waals surface area contributed by atoms with Gasteiger partial charge >= 0.3 is 0 Å². The predicted octanol–water partition coefficient (Wildman–Crippen LogP) is 4.07. The second-order valence-corrected chi connectivity index (χ2v) is 5.01. The van der Waals surface area contributed by atoms with E-state index < -0.39 is 0 Å². The first-order chi connectivity index (χ1) is 8.93. The van der Waals surface area contributed by atoms with E-state index in [0.29, 0.717) is 0 Å². The Bertz CT molecular complexity index is 337. The summed E-state index contributed by atoms with van der Waals surface area (Å²) in [5.41, 5.74) is 3.16. The smallest absolute Gasteiger partial charge is 0.0794 e. The average molecular weight is 265 g/mol. The molecule has 0 aliphatic rings. The normalized spacial score (nSPS) is 10.1. The van der Waals surface area contributed by atoms with Crippen molar-refractivity contribution < 1.29 is 4.74 Å². The lowest BCUT2D eigenvalue weighted by Gasteiger charge is -2.02. The number of aromatic nitrogens is 1. The molecule has 0 atom stereocenters.